The Morgan fingerprint density at radius 2 is 2.18 bits per heavy atom. The molecule has 0 radical (unpaired) electrons. The van der Waals surface area contributed by atoms with Crippen LogP contribution in [-0.4, -0.2) is 4.98 Å². The van der Waals surface area contributed by atoms with Gasteiger partial charge >= 0.3 is 0 Å². The van der Waals surface area contributed by atoms with Crippen molar-refractivity contribution in [1.82, 2.24) is 4.98 Å². The number of hydrogen-bond acceptors (Lipinski definition) is 1. The van der Waals surface area contributed by atoms with Crippen molar-refractivity contribution in [3.05, 3.63) is 28.0 Å². The molecule has 1 nitrogen and oxygen atoms in total. The van der Waals surface area contributed by atoms with E-state index in [9.17, 15) is 0 Å². The lowest BCUT2D eigenvalue weighted by molar-refractivity contribution is 1.13. The van der Waals surface area contributed by atoms with E-state index in [0.717, 1.165) is 16.6 Å². The van der Waals surface area contributed by atoms with Crippen LogP contribution in [0, 0.1) is 13.8 Å². The molecule has 11 heavy (non-hydrogen) atoms. The van der Waals surface area contributed by atoms with E-state index in [0.29, 0.717) is 5.15 Å². The molecule has 1 aromatic heterocycles. The fraction of sp³-hybridized carbons (Fsp3) is 0.375. The summed E-state index contributed by atoms with van der Waals surface area (Å²) in [4.78, 5) is 4.14. The van der Waals surface area contributed by atoms with Gasteiger partial charge in [0, 0.05) is 16.6 Å². The van der Waals surface area contributed by atoms with Gasteiger partial charge in [-0.3, -0.25) is 0 Å². The third-order valence-corrected chi connectivity index (χ3v) is 2.43. The number of halogens is 2. The molecule has 60 valence electrons. The van der Waals surface area contributed by atoms with E-state index in [2.05, 4.69) is 20.9 Å². The third kappa shape index (κ3) is 1.94. The van der Waals surface area contributed by atoms with Crippen LogP contribution in [0.3, 0.4) is 0 Å². The molecule has 1 heterocycles. The molecule has 0 fully saturated rings. The maximum atomic E-state index is 5.89. The van der Waals surface area contributed by atoms with Gasteiger partial charge < -0.3 is 0 Å². The predicted octanol–water partition coefficient (Wildman–Crippen LogP) is 3.25. The average Bonchev–Trinajstić information content (AvgIpc) is 1.85. The molecule has 0 saturated carbocycles. The standard InChI is InChI=1S/C8H9BrClN/c1-5-3-6(2)11-8(10)7(5)4-9/h3H,4H2,1-2H3. The number of alkyl halides is 1. The molecule has 0 atom stereocenters. The summed E-state index contributed by atoms with van der Waals surface area (Å²) >= 11 is 9.25. The van der Waals surface area contributed by atoms with E-state index in [1.54, 1.807) is 0 Å². The van der Waals surface area contributed by atoms with Crippen LogP contribution in [0.5, 0.6) is 0 Å². The van der Waals surface area contributed by atoms with Crippen molar-refractivity contribution < 1.29 is 0 Å². The molecule has 0 saturated heterocycles. The highest BCUT2D eigenvalue weighted by molar-refractivity contribution is 9.08. The van der Waals surface area contributed by atoms with Crippen LogP contribution in [0.4, 0.5) is 0 Å². The fourth-order valence-corrected chi connectivity index (χ4v) is 2.20. The Labute approximate surface area is 79.9 Å². The van der Waals surface area contributed by atoms with Crippen molar-refractivity contribution in [2.45, 2.75) is 19.2 Å². The van der Waals surface area contributed by atoms with E-state index < -0.39 is 0 Å². The molecule has 0 aliphatic rings. The zero-order chi connectivity index (χ0) is 8.43. The Morgan fingerprint density at radius 3 is 2.64 bits per heavy atom. The van der Waals surface area contributed by atoms with E-state index >= 15 is 0 Å². The first-order valence-corrected chi connectivity index (χ1v) is 4.83. The average molecular weight is 235 g/mol. The van der Waals surface area contributed by atoms with Crippen LogP contribution in [0.2, 0.25) is 5.15 Å². The summed E-state index contributed by atoms with van der Waals surface area (Å²) in [5.41, 5.74) is 3.24. The molecule has 0 N–H and O–H groups in total. The van der Waals surface area contributed by atoms with Crippen LogP contribution in [0.15, 0.2) is 6.07 Å². The molecule has 0 amide bonds. The Morgan fingerprint density at radius 1 is 1.55 bits per heavy atom. The molecule has 1 rings (SSSR count). The quantitative estimate of drug-likeness (QED) is 0.537. The van der Waals surface area contributed by atoms with Crippen LogP contribution in [0.1, 0.15) is 16.8 Å². The summed E-state index contributed by atoms with van der Waals surface area (Å²) in [5.74, 6) is 0. The van der Waals surface area contributed by atoms with E-state index in [4.69, 9.17) is 11.6 Å². The molecule has 1 aromatic rings. The minimum absolute atomic E-state index is 0.611. The lowest BCUT2D eigenvalue weighted by atomic mass is 10.1. The summed E-state index contributed by atoms with van der Waals surface area (Å²) < 4.78 is 0. The molecular weight excluding hydrogens is 225 g/mol. The Kier molecular flexibility index (Phi) is 2.90. The van der Waals surface area contributed by atoms with Gasteiger partial charge in [-0.05, 0) is 25.5 Å². The number of aryl methyl sites for hydroxylation is 2. The van der Waals surface area contributed by atoms with Gasteiger partial charge in [-0.2, -0.15) is 0 Å². The number of hydrogen-bond donors (Lipinski definition) is 0. The summed E-state index contributed by atoms with van der Waals surface area (Å²) in [7, 11) is 0. The Balaban J connectivity index is 3.25. The van der Waals surface area contributed by atoms with E-state index in [1.165, 1.54) is 5.56 Å². The van der Waals surface area contributed by atoms with Gasteiger partial charge in [-0.15, -0.1) is 0 Å². The lowest BCUT2D eigenvalue weighted by Crippen LogP contribution is -1.92. The van der Waals surface area contributed by atoms with Crippen LogP contribution in [-0.2, 0) is 5.33 Å². The molecule has 0 aliphatic heterocycles. The highest BCUT2D eigenvalue weighted by Crippen LogP contribution is 2.20. The molecule has 0 aromatic carbocycles. The fourth-order valence-electron chi connectivity index (χ4n) is 0.978. The minimum atomic E-state index is 0.611. The maximum Gasteiger partial charge on any atom is 0.133 e. The van der Waals surface area contributed by atoms with Gasteiger partial charge in [0.25, 0.3) is 0 Å². The maximum absolute atomic E-state index is 5.89. The predicted molar refractivity (Wildman–Crippen MR) is 51.4 cm³/mol. The second-order valence-electron chi connectivity index (χ2n) is 2.48. The molecule has 0 bridgehead atoms. The van der Waals surface area contributed by atoms with Crippen LogP contribution < -0.4 is 0 Å². The second kappa shape index (κ2) is 3.55. The van der Waals surface area contributed by atoms with Crippen molar-refractivity contribution in [2.75, 3.05) is 0 Å². The van der Waals surface area contributed by atoms with Crippen molar-refractivity contribution in [3.8, 4) is 0 Å². The lowest BCUT2D eigenvalue weighted by Gasteiger charge is -2.04. The monoisotopic (exact) mass is 233 g/mol. The van der Waals surface area contributed by atoms with Crippen LogP contribution >= 0.6 is 27.5 Å². The largest absolute Gasteiger partial charge is 0.241 e. The summed E-state index contributed by atoms with van der Waals surface area (Å²) in [6.45, 7) is 3.98. The van der Waals surface area contributed by atoms with E-state index in [-0.39, 0.29) is 0 Å². The zero-order valence-electron chi connectivity index (χ0n) is 6.49. The van der Waals surface area contributed by atoms with Crippen molar-refractivity contribution in [3.63, 3.8) is 0 Å². The molecule has 0 aliphatic carbocycles. The minimum Gasteiger partial charge on any atom is -0.241 e. The van der Waals surface area contributed by atoms with Gasteiger partial charge in [0.05, 0.1) is 0 Å². The summed E-state index contributed by atoms with van der Waals surface area (Å²) in [6.07, 6.45) is 0. The number of nitrogens with zero attached hydrogens (tertiary/aromatic N) is 1. The first kappa shape index (κ1) is 9.01. The number of aromatic nitrogens is 1. The first-order valence-electron chi connectivity index (χ1n) is 3.33. The van der Waals surface area contributed by atoms with Crippen molar-refractivity contribution in [2.24, 2.45) is 0 Å². The van der Waals surface area contributed by atoms with Crippen molar-refractivity contribution >= 4 is 27.5 Å². The SMILES string of the molecule is Cc1cc(C)c(CBr)c(Cl)n1. The van der Waals surface area contributed by atoms with Gasteiger partial charge in [0.1, 0.15) is 5.15 Å². The Bertz CT molecular complexity index is 250. The highest BCUT2D eigenvalue weighted by atomic mass is 79.9. The summed E-state index contributed by atoms with van der Waals surface area (Å²) in [6, 6.07) is 2.03. The Hall–Kier alpha value is -0.0800. The van der Waals surface area contributed by atoms with Gasteiger partial charge in [-0.1, -0.05) is 27.5 Å². The topological polar surface area (TPSA) is 12.9 Å². The molecular formula is C8H9BrClN. The molecule has 3 heteroatoms. The molecule has 0 unspecified atom stereocenters. The number of rotatable bonds is 1. The third-order valence-electron chi connectivity index (χ3n) is 1.56. The van der Waals surface area contributed by atoms with Gasteiger partial charge in [0.2, 0.25) is 0 Å². The zero-order valence-corrected chi connectivity index (χ0v) is 8.83. The normalized spacial score (nSPS) is 10.2. The highest BCUT2D eigenvalue weighted by Gasteiger charge is 2.03. The van der Waals surface area contributed by atoms with Crippen LogP contribution in [0.25, 0.3) is 0 Å². The van der Waals surface area contributed by atoms with Gasteiger partial charge in [0.15, 0.2) is 0 Å². The second-order valence-corrected chi connectivity index (χ2v) is 3.40. The summed E-state index contributed by atoms with van der Waals surface area (Å²) in [5, 5.41) is 1.38. The molecule has 0 spiro atoms. The smallest absolute Gasteiger partial charge is 0.133 e. The number of pyridine rings is 1. The van der Waals surface area contributed by atoms with Crippen molar-refractivity contribution in [1.29, 1.82) is 0 Å². The van der Waals surface area contributed by atoms with E-state index in [1.807, 2.05) is 19.9 Å². The first-order chi connectivity index (χ1) is 5.15. The van der Waals surface area contributed by atoms with Gasteiger partial charge in [-0.25, -0.2) is 4.98 Å².